The molecule has 1 rings (SSSR count). The lowest BCUT2D eigenvalue weighted by atomic mass is 10.4. The number of hydrogen-bond donors (Lipinski definition) is 2. The molecule has 0 spiro atoms. The van der Waals surface area contributed by atoms with Gasteiger partial charge in [0.2, 0.25) is 10.0 Å². The molecule has 0 radical (unpaired) electrons. The fourth-order valence-corrected chi connectivity index (χ4v) is 4.26. The van der Waals surface area contributed by atoms with Crippen LogP contribution in [0.25, 0.3) is 0 Å². The van der Waals surface area contributed by atoms with Gasteiger partial charge < -0.3 is 10.6 Å². The average molecular weight is 362 g/mol. The maximum atomic E-state index is 12.1. The van der Waals surface area contributed by atoms with Gasteiger partial charge in [0.15, 0.2) is 5.96 Å². The Morgan fingerprint density at radius 2 is 1.96 bits per heavy atom. The third kappa shape index (κ3) is 6.84. The van der Waals surface area contributed by atoms with E-state index < -0.39 is 10.0 Å². The van der Waals surface area contributed by atoms with Crippen molar-refractivity contribution in [1.29, 1.82) is 0 Å². The van der Waals surface area contributed by atoms with Gasteiger partial charge in [-0.15, -0.1) is 11.3 Å². The van der Waals surface area contributed by atoms with Crippen LogP contribution >= 0.6 is 11.3 Å². The van der Waals surface area contributed by atoms with Crippen molar-refractivity contribution in [3.63, 3.8) is 0 Å². The summed E-state index contributed by atoms with van der Waals surface area (Å²) in [6.07, 6.45) is 2.68. The van der Waals surface area contributed by atoms with Crippen LogP contribution < -0.4 is 10.6 Å². The zero-order valence-electron chi connectivity index (χ0n) is 14.3. The topological polar surface area (TPSA) is 86.7 Å². The number of thiazole rings is 1. The van der Waals surface area contributed by atoms with Crippen LogP contribution in [0.2, 0.25) is 0 Å². The van der Waals surface area contributed by atoms with E-state index in [-0.39, 0.29) is 5.75 Å². The van der Waals surface area contributed by atoms with Crippen molar-refractivity contribution < 1.29 is 8.42 Å². The molecular formula is C14H27N5O2S2. The van der Waals surface area contributed by atoms with E-state index in [0.29, 0.717) is 32.1 Å². The van der Waals surface area contributed by atoms with Gasteiger partial charge in [0.05, 0.1) is 10.8 Å². The molecule has 9 heteroatoms. The van der Waals surface area contributed by atoms with Crippen molar-refractivity contribution in [3.05, 3.63) is 16.1 Å². The minimum absolute atomic E-state index is 0.0566. The summed E-state index contributed by atoms with van der Waals surface area (Å²) in [4.78, 5) is 9.60. The van der Waals surface area contributed by atoms with E-state index in [4.69, 9.17) is 0 Å². The zero-order valence-corrected chi connectivity index (χ0v) is 15.9. The molecule has 0 aliphatic rings. The third-order valence-corrected chi connectivity index (χ3v) is 6.27. The third-order valence-electron chi connectivity index (χ3n) is 3.28. The van der Waals surface area contributed by atoms with Crippen molar-refractivity contribution in [3.8, 4) is 0 Å². The average Bonchev–Trinajstić information content (AvgIpc) is 2.92. The molecule has 0 saturated heterocycles. The molecule has 2 N–H and O–H groups in total. The first-order valence-corrected chi connectivity index (χ1v) is 10.2. The number of aliphatic imine (C=N–C) groups is 1. The van der Waals surface area contributed by atoms with Gasteiger partial charge in [-0.05, 0) is 6.92 Å². The monoisotopic (exact) mass is 361 g/mol. The predicted octanol–water partition coefficient (Wildman–Crippen LogP) is 0.831. The molecule has 0 unspecified atom stereocenters. The second kappa shape index (κ2) is 9.84. The number of nitrogens with zero attached hydrogens (tertiary/aromatic N) is 3. The lowest BCUT2D eigenvalue weighted by Crippen LogP contribution is -2.42. The molecule has 0 fully saturated rings. The van der Waals surface area contributed by atoms with Gasteiger partial charge in [0.25, 0.3) is 0 Å². The molecule has 1 aromatic rings. The van der Waals surface area contributed by atoms with Crippen molar-refractivity contribution >= 4 is 27.3 Å². The van der Waals surface area contributed by atoms with E-state index in [1.165, 1.54) is 9.18 Å². The molecule has 7 nitrogen and oxygen atoms in total. The smallest absolute Gasteiger partial charge is 0.215 e. The van der Waals surface area contributed by atoms with Crippen LogP contribution in [0.15, 0.2) is 11.2 Å². The Labute approximate surface area is 143 Å². The van der Waals surface area contributed by atoms with Gasteiger partial charge in [0.1, 0.15) is 0 Å². The van der Waals surface area contributed by atoms with Crippen LogP contribution in [-0.2, 0) is 16.4 Å². The SMILES string of the molecule is CCN(CC)S(=O)(=O)CCNC(=NC)NCCc1ncc(C)s1. The number of aryl methyl sites for hydroxylation is 1. The van der Waals surface area contributed by atoms with E-state index in [0.717, 1.165) is 11.4 Å². The first-order valence-electron chi connectivity index (χ1n) is 7.76. The molecule has 0 aliphatic heterocycles. The number of rotatable bonds is 9. The largest absolute Gasteiger partial charge is 0.356 e. The van der Waals surface area contributed by atoms with Gasteiger partial charge in [-0.3, -0.25) is 4.99 Å². The highest BCUT2D eigenvalue weighted by Crippen LogP contribution is 2.10. The van der Waals surface area contributed by atoms with Crippen LogP contribution in [0.1, 0.15) is 23.7 Å². The number of sulfonamides is 1. The predicted molar refractivity (Wildman–Crippen MR) is 96.6 cm³/mol. The highest BCUT2D eigenvalue weighted by atomic mass is 32.2. The van der Waals surface area contributed by atoms with E-state index in [2.05, 4.69) is 20.6 Å². The van der Waals surface area contributed by atoms with Crippen LogP contribution in [0.3, 0.4) is 0 Å². The van der Waals surface area contributed by atoms with Crippen LogP contribution in [0, 0.1) is 6.92 Å². The second-order valence-electron chi connectivity index (χ2n) is 4.94. The van der Waals surface area contributed by atoms with Gasteiger partial charge in [-0.2, -0.15) is 0 Å². The molecule has 23 heavy (non-hydrogen) atoms. The Hall–Kier alpha value is -1.19. The maximum Gasteiger partial charge on any atom is 0.215 e. The van der Waals surface area contributed by atoms with E-state index in [1.54, 1.807) is 18.4 Å². The summed E-state index contributed by atoms with van der Waals surface area (Å²) in [6.45, 7) is 7.75. The number of guanidine groups is 1. The van der Waals surface area contributed by atoms with E-state index in [9.17, 15) is 8.42 Å². The molecule has 0 atom stereocenters. The molecule has 0 bridgehead atoms. The molecule has 1 aromatic heterocycles. The number of hydrogen-bond acceptors (Lipinski definition) is 5. The molecule has 0 saturated carbocycles. The summed E-state index contributed by atoms with van der Waals surface area (Å²) in [5.74, 6) is 0.661. The Kier molecular flexibility index (Phi) is 8.49. The second-order valence-corrected chi connectivity index (χ2v) is 8.35. The van der Waals surface area contributed by atoms with E-state index in [1.807, 2.05) is 27.0 Å². The summed E-state index contributed by atoms with van der Waals surface area (Å²) in [5, 5.41) is 7.28. The molecule has 132 valence electrons. The highest BCUT2D eigenvalue weighted by molar-refractivity contribution is 7.89. The highest BCUT2D eigenvalue weighted by Gasteiger charge is 2.18. The van der Waals surface area contributed by atoms with E-state index >= 15 is 0 Å². The Balaban J connectivity index is 2.34. The maximum absolute atomic E-state index is 12.1. The van der Waals surface area contributed by atoms with Crippen LogP contribution in [0.5, 0.6) is 0 Å². The summed E-state index contributed by atoms with van der Waals surface area (Å²) >= 11 is 1.68. The summed E-state index contributed by atoms with van der Waals surface area (Å²) in [5.41, 5.74) is 0. The van der Waals surface area contributed by atoms with Gasteiger partial charge >= 0.3 is 0 Å². The van der Waals surface area contributed by atoms with Crippen molar-refractivity contribution in [2.45, 2.75) is 27.2 Å². The normalized spacial score (nSPS) is 12.7. The Bertz CT molecular complexity index is 594. The van der Waals surface area contributed by atoms with Crippen molar-refractivity contribution in [2.75, 3.05) is 39.0 Å². The van der Waals surface area contributed by atoms with Crippen molar-refractivity contribution in [1.82, 2.24) is 19.9 Å². The van der Waals surface area contributed by atoms with Gasteiger partial charge in [-0.25, -0.2) is 17.7 Å². The lowest BCUT2D eigenvalue weighted by molar-refractivity contribution is 0.445. The molecule has 0 amide bonds. The van der Waals surface area contributed by atoms with Gasteiger partial charge in [0, 0.05) is 50.7 Å². The lowest BCUT2D eigenvalue weighted by Gasteiger charge is -2.19. The molecule has 1 heterocycles. The minimum atomic E-state index is -3.21. The van der Waals surface area contributed by atoms with Crippen molar-refractivity contribution in [2.24, 2.45) is 4.99 Å². The van der Waals surface area contributed by atoms with Gasteiger partial charge in [-0.1, -0.05) is 13.8 Å². The fraction of sp³-hybridized carbons (Fsp3) is 0.714. The summed E-state index contributed by atoms with van der Waals surface area (Å²) < 4.78 is 25.6. The molecule has 0 aromatic carbocycles. The molecular weight excluding hydrogens is 334 g/mol. The standard InChI is InChI=1S/C14H27N5O2S2/c1-5-19(6-2)23(20,21)10-9-17-14(15-4)16-8-7-13-18-11-12(3)22-13/h11H,5-10H2,1-4H3,(H2,15,16,17). The number of aromatic nitrogens is 1. The summed E-state index contributed by atoms with van der Waals surface area (Å²) in [6, 6.07) is 0. The van der Waals surface area contributed by atoms with Crippen LogP contribution in [0.4, 0.5) is 0 Å². The summed E-state index contributed by atoms with van der Waals surface area (Å²) in [7, 11) is -1.54. The Morgan fingerprint density at radius 3 is 2.48 bits per heavy atom. The zero-order chi connectivity index (χ0) is 17.3. The molecule has 0 aliphatic carbocycles. The minimum Gasteiger partial charge on any atom is -0.356 e. The first kappa shape index (κ1) is 19.9. The fourth-order valence-electron chi connectivity index (χ4n) is 2.07. The quantitative estimate of drug-likeness (QED) is 0.503. The van der Waals surface area contributed by atoms with Crippen LogP contribution in [-0.4, -0.2) is 62.6 Å². The first-order chi connectivity index (χ1) is 10.9. The Morgan fingerprint density at radius 1 is 1.30 bits per heavy atom. The number of nitrogens with one attached hydrogen (secondary N) is 2.